The first-order chi connectivity index (χ1) is 11.5. The van der Waals surface area contributed by atoms with Gasteiger partial charge in [0.2, 0.25) is 17.6 Å². The van der Waals surface area contributed by atoms with Gasteiger partial charge in [-0.25, -0.2) is 0 Å². The molecule has 0 fully saturated rings. The highest BCUT2D eigenvalue weighted by atomic mass is 16.5. The molecule has 0 aliphatic carbocycles. The number of nitrogens with zero attached hydrogens (tertiary/aromatic N) is 2. The lowest BCUT2D eigenvalue weighted by Gasteiger charge is -2.08. The number of benzene rings is 1. The van der Waals surface area contributed by atoms with Gasteiger partial charge in [-0.15, -0.1) is 0 Å². The maximum absolute atomic E-state index is 11.6. The molecule has 0 bridgehead atoms. The predicted molar refractivity (Wildman–Crippen MR) is 84.5 cm³/mol. The molecular weight excluding hydrogens is 314 g/mol. The summed E-state index contributed by atoms with van der Waals surface area (Å²) in [6.07, 6.45) is 1.12. The monoisotopic (exact) mass is 333 g/mol. The fourth-order valence-corrected chi connectivity index (χ4v) is 1.99. The van der Waals surface area contributed by atoms with E-state index >= 15 is 0 Å². The number of ether oxygens (including phenoxy) is 1. The topological polar surface area (TPSA) is 115 Å². The number of nitrogens with one attached hydrogen (secondary N) is 1. The predicted octanol–water partition coefficient (Wildman–Crippen LogP) is 1.66. The number of methoxy groups -OCH3 is 1. The number of hydrogen-bond donors (Lipinski definition) is 2. The van der Waals surface area contributed by atoms with Gasteiger partial charge in [-0.3, -0.25) is 9.59 Å². The van der Waals surface area contributed by atoms with Crippen molar-refractivity contribution < 1.29 is 24.0 Å². The molecule has 1 amide bonds. The molecule has 0 unspecified atom stereocenters. The molecule has 8 heteroatoms. The van der Waals surface area contributed by atoms with Crippen LogP contribution in [-0.4, -0.2) is 40.3 Å². The summed E-state index contributed by atoms with van der Waals surface area (Å²) >= 11 is 0. The Morgan fingerprint density at radius 3 is 2.67 bits per heavy atom. The zero-order chi connectivity index (χ0) is 17.5. The van der Waals surface area contributed by atoms with E-state index in [0.717, 1.165) is 11.3 Å². The number of carbonyl (C=O) groups is 2. The van der Waals surface area contributed by atoms with E-state index < -0.39 is 12.0 Å². The molecule has 0 spiro atoms. The van der Waals surface area contributed by atoms with E-state index in [2.05, 4.69) is 15.5 Å². The third-order valence-electron chi connectivity index (χ3n) is 3.36. The molecule has 2 rings (SSSR count). The second kappa shape index (κ2) is 8.09. The van der Waals surface area contributed by atoms with E-state index in [-0.39, 0.29) is 12.3 Å². The Kier molecular flexibility index (Phi) is 5.89. The number of amides is 1. The van der Waals surface area contributed by atoms with Gasteiger partial charge < -0.3 is 19.7 Å². The first-order valence-corrected chi connectivity index (χ1v) is 7.48. The Balaban J connectivity index is 1.83. The van der Waals surface area contributed by atoms with Crippen molar-refractivity contribution in [3.05, 3.63) is 30.2 Å². The number of aryl methyl sites for hydroxylation is 1. The molecular formula is C16H19N3O5. The van der Waals surface area contributed by atoms with Gasteiger partial charge in [0.1, 0.15) is 11.8 Å². The summed E-state index contributed by atoms with van der Waals surface area (Å²) in [5, 5.41) is 15.0. The van der Waals surface area contributed by atoms with Crippen LogP contribution < -0.4 is 10.1 Å². The molecule has 8 nitrogen and oxygen atoms in total. The molecule has 1 atom stereocenters. The lowest BCUT2D eigenvalue weighted by Crippen LogP contribution is -2.38. The fourth-order valence-electron chi connectivity index (χ4n) is 1.99. The molecule has 2 aromatic rings. The highest BCUT2D eigenvalue weighted by Gasteiger charge is 2.14. The van der Waals surface area contributed by atoms with E-state index in [9.17, 15) is 9.59 Å². The largest absolute Gasteiger partial charge is 0.497 e. The van der Waals surface area contributed by atoms with Crippen molar-refractivity contribution in [1.29, 1.82) is 0 Å². The van der Waals surface area contributed by atoms with Gasteiger partial charge in [0.05, 0.1) is 7.11 Å². The number of rotatable bonds is 8. The van der Waals surface area contributed by atoms with Gasteiger partial charge in [-0.1, -0.05) is 5.16 Å². The average Bonchev–Trinajstić information content (AvgIpc) is 3.03. The number of carbonyl (C=O) groups excluding carboxylic acids is 1. The van der Waals surface area contributed by atoms with E-state index in [1.807, 2.05) is 12.1 Å². The minimum atomic E-state index is -1.07. The van der Waals surface area contributed by atoms with Gasteiger partial charge >= 0.3 is 5.97 Å². The van der Waals surface area contributed by atoms with Gasteiger partial charge in [0.15, 0.2) is 0 Å². The number of hydrogen-bond acceptors (Lipinski definition) is 6. The minimum Gasteiger partial charge on any atom is -0.497 e. The lowest BCUT2D eigenvalue weighted by molar-refractivity contribution is -0.141. The van der Waals surface area contributed by atoms with Gasteiger partial charge in [-0.2, -0.15) is 4.98 Å². The van der Waals surface area contributed by atoms with Gasteiger partial charge in [0.25, 0.3) is 0 Å². The van der Waals surface area contributed by atoms with Gasteiger partial charge in [0, 0.05) is 18.4 Å². The highest BCUT2D eigenvalue weighted by molar-refractivity contribution is 5.83. The number of aliphatic carboxylic acids is 1. The van der Waals surface area contributed by atoms with Crippen molar-refractivity contribution in [3.63, 3.8) is 0 Å². The first-order valence-electron chi connectivity index (χ1n) is 7.48. The van der Waals surface area contributed by atoms with E-state index in [1.165, 1.54) is 6.92 Å². The Bertz CT molecular complexity index is 696. The van der Waals surface area contributed by atoms with Crippen LogP contribution in [0.25, 0.3) is 11.4 Å². The summed E-state index contributed by atoms with van der Waals surface area (Å²) < 4.78 is 10.2. The minimum absolute atomic E-state index is 0.192. The average molecular weight is 333 g/mol. The van der Waals surface area contributed by atoms with Crippen molar-refractivity contribution in [2.75, 3.05) is 7.11 Å². The molecule has 2 N–H and O–H groups in total. The van der Waals surface area contributed by atoms with E-state index in [4.69, 9.17) is 14.4 Å². The molecule has 0 aliphatic heterocycles. The number of aromatic nitrogens is 2. The SMILES string of the molecule is COc1ccc(-c2noc(CCCC(=O)N[C@H](C)C(=O)O)n2)cc1. The molecule has 1 heterocycles. The second-order valence-corrected chi connectivity index (χ2v) is 5.22. The van der Waals surface area contributed by atoms with E-state index in [0.29, 0.717) is 24.6 Å². The summed E-state index contributed by atoms with van der Waals surface area (Å²) in [6, 6.07) is 6.36. The molecule has 0 radical (unpaired) electrons. The molecule has 0 saturated heterocycles. The summed E-state index contributed by atoms with van der Waals surface area (Å²) in [4.78, 5) is 26.5. The smallest absolute Gasteiger partial charge is 0.325 e. The molecule has 0 saturated carbocycles. The van der Waals surface area contributed by atoms with Crippen molar-refractivity contribution in [2.45, 2.75) is 32.2 Å². The Morgan fingerprint density at radius 2 is 2.04 bits per heavy atom. The number of carboxylic acids is 1. The maximum atomic E-state index is 11.6. The quantitative estimate of drug-likeness (QED) is 0.755. The number of carboxylic acid groups (broad SMARTS) is 1. The fraction of sp³-hybridized carbons (Fsp3) is 0.375. The van der Waals surface area contributed by atoms with Crippen LogP contribution in [0.3, 0.4) is 0 Å². The molecule has 128 valence electrons. The van der Waals surface area contributed by atoms with Crippen molar-refractivity contribution in [2.24, 2.45) is 0 Å². The maximum Gasteiger partial charge on any atom is 0.325 e. The van der Waals surface area contributed by atoms with Crippen LogP contribution >= 0.6 is 0 Å². The Hall–Kier alpha value is -2.90. The van der Waals surface area contributed by atoms with Crippen LogP contribution in [0.4, 0.5) is 0 Å². The summed E-state index contributed by atoms with van der Waals surface area (Å²) in [5.74, 6) is 0.254. The lowest BCUT2D eigenvalue weighted by atomic mass is 10.2. The Morgan fingerprint density at radius 1 is 1.33 bits per heavy atom. The Labute approximate surface area is 138 Å². The summed E-state index contributed by atoms with van der Waals surface area (Å²) in [5.41, 5.74) is 0.804. The van der Waals surface area contributed by atoms with Crippen LogP contribution in [-0.2, 0) is 16.0 Å². The van der Waals surface area contributed by atoms with Crippen LogP contribution in [0.15, 0.2) is 28.8 Å². The summed E-state index contributed by atoms with van der Waals surface area (Å²) in [6.45, 7) is 1.42. The standard InChI is InChI=1S/C16H19N3O5/c1-10(16(21)22)17-13(20)4-3-5-14-18-15(19-24-14)11-6-8-12(23-2)9-7-11/h6-10H,3-5H2,1-2H3,(H,17,20)(H,21,22)/t10-/m1/s1. The van der Waals surface area contributed by atoms with Crippen molar-refractivity contribution in [1.82, 2.24) is 15.5 Å². The first kappa shape index (κ1) is 17.5. The molecule has 0 aliphatic rings. The van der Waals surface area contributed by atoms with Crippen LogP contribution in [0.5, 0.6) is 5.75 Å². The molecule has 1 aromatic heterocycles. The van der Waals surface area contributed by atoms with Crippen molar-refractivity contribution in [3.8, 4) is 17.1 Å². The van der Waals surface area contributed by atoms with E-state index in [1.54, 1.807) is 19.2 Å². The second-order valence-electron chi connectivity index (χ2n) is 5.22. The van der Waals surface area contributed by atoms with Crippen LogP contribution in [0.2, 0.25) is 0 Å². The normalized spacial score (nSPS) is 11.8. The summed E-state index contributed by atoms with van der Waals surface area (Å²) in [7, 11) is 1.59. The molecule has 1 aromatic carbocycles. The third-order valence-corrected chi connectivity index (χ3v) is 3.36. The van der Waals surface area contributed by atoms with Crippen LogP contribution in [0, 0.1) is 0 Å². The zero-order valence-corrected chi connectivity index (χ0v) is 13.5. The van der Waals surface area contributed by atoms with Crippen molar-refractivity contribution >= 4 is 11.9 Å². The zero-order valence-electron chi connectivity index (χ0n) is 13.5. The van der Waals surface area contributed by atoms with Gasteiger partial charge in [-0.05, 0) is 37.6 Å². The third kappa shape index (κ3) is 4.80. The highest BCUT2D eigenvalue weighted by Crippen LogP contribution is 2.20. The van der Waals surface area contributed by atoms with Crippen LogP contribution in [0.1, 0.15) is 25.7 Å². The molecule has 24 heavy (non-hydrogen) atoms.